The van der Waals surface area contributed by atoms with Crippen LogP contribution in [0.1, 0.15) is 12.5 Å². The molecule has 1 saturated heterocycles. The minimum absolute atomic E-state index is 0.0347. The number of benzene rings is 2. The molecule has 0 bridgehead atoms. The molecule has 2 amide bonds. The lowest BCUT2D eigenvalue weighted by Crippen LogP contribution is -2.37. The number of ether oxygens (including phenoxy) is 1. The molecule has 1 fully saturated rings. The van der Waals surface area contributed by atoms with Gasteiger partial charge >= 0.3 is 0 Å². The third-order valence-electron chi connectivity index (χ3n) is 5.17. The zero-order valence-corrected chi connectivity index (χ0v) is 18.2. The largest absolute Gasteiger partial charge is 0.378 e. The molecule has 0 unspecified atom stereocenters. The van der Waals surface area contributed by atoms with Crippen LogP contribution < -0.4 is 15.5 Å². The summed E-state index contributed by atoms with van der Waals surface area (Å²) in [5, 5.41) is 16.0. The standard InChI is InChI=1S/C25H23N5O3/c1-17(31)27-21-6-8-22(9-7-21)28-25(32)20(16-26)15-19-14-18-4-2-3-5-23(18)29-24(19)30-10-12-33-13-11-30/h2-9,14-15H,10-13H2,1H3,(H,27,31)(H,28,32). The van der Waals surface area contributed by atoms with Crippen molar-refractivity contribution >= 4 is 46.0 Å². The molecular weight excluding hydrogens is 418 g/mol. The summed E-state index contributed by atoms with van der Waals surface area (Å²) < 4.78 is 5.46. The Morgan fingerprint density at radius 3 is 2.39 bits per heavy atom. The summed E-state index contributed by atoms with van der Waals surface area (Å²) in [6.07, 6.45) is 1.57. The van der Waals surface area contributed by atoms with Crippen molar-refractivity contribution in [2.75, 3.05) is 41.8 Å². The SMILES string of the molecule is CC(=O)Nc1ccc(NC(=O)C(C#N)=Cc2cc3ccccc3nc2N2CCOCC2)cc1. The number of nitriles is 1. The van der Waals surface area contributed by atoms with Gasteiger partial charge in [0, 0.05) is 42.3 Å². The van der Waals surface area contributed by atoms with Crippen molar-refractivity contribution in [1.29, 1.82) is 5.26 Å². The molecular formula is C25H23N5O3. The molecule has 3 aromatic rings. The number of carbonyl (C=O) groups is 2. The summed E-state index contributed by atoms with van der Waals surface area (Å²) in [6, 6.07) is 18.4. The maximum atomic E-state index is 12.8. The van der Waals surface area contributed by atoms with Crippen molar-refractivity contribution in [2.24, 2.45) is 0 Å². The number of morpholine rings is 1. The van der Waals surface area contributed by atoms with Crippen LogP contribution in [0.25, 0.3) is 17.0 Å². The van der Waals surface area contributed by atoms with E-state index in [4.69, 9.17) is 9.72 Å². The van der Waals surface area contributed by atoms with Crippen molar-refractivity contribution in [2.45, 2.75) is 6.92 Å². The molecule has 0 atom stereocenters. The van der Waals surface area contributed by atoms with Gasteiger partial charge < -0.3 is 20.3 Å². The highest BCUT2D eigenvalue weighted by Gasteiger charge is 2.18. The molecule has 1 aliphatic rings. The number of fused-ring (bicyclic) bond motifs is 1. The zero-order chi connectivity index (χ0) is 23.2. The Morgan fingerprint density at radius 2 is 1.73 bits per heavy atom. The van der Waals surface area contributed by atoms with Crippen LogP contribution in [0.5, 0.6) is 0 Å². The second-order valence-corrected chi connectivity index (χ2v) is 7.58. The molecule has 0 radical (unpaired) electrons. The Morgan fingerprint density at radius 1 is 1.06 bits per heavy atom. The van der Waals surface area contributed by atoms with Gasteiger partial charge in [-0.3, -0.25) is 9.59 Å². The van der Waals surface area contributed by atoms with E-state index < -0.39 is 5.91 Å². The van der Waals surface area contributed by atoms with Gasteiger partial charge in [0.1, 0.15) is 17.5 Å². The van der Waals surface area contributed by atoms with Crippen LogP contribution in [0.15, 0.2) is 60.2 Å². The second kappa shape index (κ2) is 9.94. The van der Waals surface area contributed by atoms with Crippen molar-refractivity contribution in [1.82, 2.24) is 4.98 Å². The van der Waals surface area contributed by atoms with E-state index in [2.05, 4.69) is 15.5 Å². The number of aromatic nitrogens is 1. The summed E-state index contributed by atoms with van der Waals surface area (Å²) in [5.74, 6) is 0.0182. The maximum Gasteiger partial charge on any atom is 0.266 e. The fourth-order valence-corrected chi connectivity index (χ4v) is 3.60. The van der Waals surface area contributed by atoms with E-state index in [1.165, 1.54) is 6.92 Å². The van der Waals surface area contributed by atoms with Crippen LogP contribution in [0.2, 0.25) is 0 Å². The second-order valence-electron chi connectivity index (χ2n) is 7.58. The number of para-hydroxylation sites is 1. The van der Waals surface area contributed by atoms with E-state index in [0.717, 1.165) is 16.7 Å². The lowest BCUT2D eigenvalue weighted by Gasteiger charge is -2.29. The number of carbonyl (C=O) groups excluding carboxylic acids is 2. The molecule has 1 aromatic heterocycles. The first kappa shape index (κ1) is 22.0. The van der Waals surface area contributed by atoms with Crippen LogP contribution >= 0.6 is 0 Å². The number of anilines is 3. The number of hydrogen-bond donors (Lipinski definition) is 2. The van der Waals surface area contributed by atoms with Crippen LogP contribution in [0.4, 0.5) is 17.2 Å². The number of nitrogens with zero attached hydrogens (tertiary/aromatic N) is 3. The number of hydrogen-bond acceptors (Lipinski definition) is 6. The van der Waals surface area contributed by atoms with Gasteiger partial charge in [-0.2, -0.15) is 5.26 Å². The van der Waals surface area contributed by atoms with E-state index in [9.17, 15) is 14.9 Å². The van der Waals surface area contributed by atoms with Gasteiger partial charge in [0.05, 0.1) is 18.7 Å². The lowest BCUT2D eigenvalue weighted by atomic mass is 10.1. The smallest absolute Gasteiger partial charge is 0.266 e. The first-order chi connectivity index (χ1) is 16.0. The van der Waals surface area contributed by atoms with Gasteiger partial charge in [0.25, 0.3) is 5.91 Å². The number of pyridine rings is 1. The van der Waals surface area contributed by atoms with E-state index in [-0.39, 0.29) is 11.5 Å². The first-order valence-electron chi connectivity index (χ1n) is 10.6. The Balaban J connectivity index is 1.64. The topological polar surface area (TPSA) is 107 Å². The van der Waals surface area contributed by atoms with Gasteiger partial charge in [0.2, 0.25) is 5.91 Å². The fraction of sp³-hybridized carbons (Fsp3) is 0.200. The van der Waals surface area contributed by atoms with Crippen molar-refractivity contribution in [3.8, 4) is 6.07 Å². The number of amides is 2. The summed E-state index contributed by atoms with van der Waals surface area (Å²) in [4.78, 5) is 30.9. The molecule has 0 spiro atoms. The highest BCUT2D eigenvalue weighted by atomic mass is 16.5. The molecule has 0 saturated carbocycles. The fourth-order valence-electron chi connectivity index (χ4n) is 3.60. The highest BCUT2D eigenvalue weighted by Crippen LogP contribution is 2.27. The molecule has 2 heterocycles. The number of nitrogens with one attached hydrogen (secondary N) is 2. The van der Waals surface area contributed by atoms with Gasteiger partial charge in [-0.25, -0.2) is 4.98 Å². The van der Waals surface area contributed by atoms with Gasteiger partial charge in [-0.1, -0.05) is 18.2 Å². The third kappa shape index (κ3) is 5.34. The Kier molecular flexibility index (Phi) is 6.62. The summed E-state index contributed by atoms with van der Waals surface area (Å²) in [5.41, 5.74) is 2.64. The molecule has 166 valence electrons. The monoisotopic (exact) mass is 441 g/mol. The van der Waals surface area contributed by atoms with Crippen molar-refractivity contribution < 1.29 is 14.3 Å². The van der Waals surface area contributed by atoms with E-state index in [1.54, 1.807) is 30.3 Å². The highest BCUT2D eigenvalue weighted by molar-refractivity contribution is 6.10. The lowest BCUT2D eigenvalue weighted by molar-refractivity contribution is -0.114. The maximum absolute atomic E-state index is 12.8. The normalized spacial score (nSPS) is 13.9. The van der Waals surface area contributed by atoms with Crippen LogP contribution in [-0.2, 0) is 14.3 Å². The van der Waals surface area contributed by atoms with Crippen LogP contribution in [0.3, 0.4) is 0 Å². The Bertz CT molecular complexity index is 1260. The summed E-state index contributed by atoms with van der Waals surface area (Å²) in [6.45, 7) is 3.98. The first-order valence-corrected chi connectivity index (χ1v) is 10.6. The molecule has 1 aliphatic heterocycles. The van der Waals surface area contributed by atoms with E-state index >= 15 is 0 Å². The van der Waals surface area contributed by atoms with Gasteiger partial charge in [-0.15, -0.1) is 0 Å². The van der Waals surface area contributed by atoms with Crippen LogP contribution in [-0.4, -0.2) is 43.1 Å². The summed E-state index contributed by atoms with van der Waals surface area (Å²) >= 11 is 0. The Hall–Kier alpha value is -4.22. The minimum Gasteiger partial charge on any atom is -0.378 e. The third-order valence-corrected chi connectivity index (χ3v) is 5.17. The molecule has 2 N–H and O–H groups in total. The Labute approximate surface area is 191 Å². The van der Waals surface area contributed by atoms with Gasteiger partial charge in [0.15, 0.2) is 0 Å². The molecule has 8 nitrogen and oxygen atoms in total. The minimum atomic E-state index is -0.522. The molecule has 8 heteroatoms. The predicted molar refractivity (Wildman–Crippen MR) is 128 cm³/mol. The van der Waals surface area contributed by atoms with Gasteiger partial charge in [-0.05, 0) is 42.5 Å². The summed E-state index contributed by atoms with van der Waals surface area (Å²) in [7, 11) is 0. The zero-order valence-electron chi connectivity index (χ0n) is 18.2. The molecule has 0 aliphatic carbocycles. The average Bonchev–Trinajstić information content (AvgIpc) is 2.83. The van der Waals surface area contributed by atoms with E-state index in [1.807, 2.05) is 36.4 Å². The van der Waals surface area contributed by atoms with Crippen molar-refractivity contribution in [3.05, 3.63) is 65.7 Å². The number of rotatable bonds is 5. The van der Waals surface area contributed by atoms with E-state index in [0.29, 0.717) is 43.2 Å². The van der Waals surface area contributed by atoms with Crippen molar-refractivity contribution in [3.63, 3.8) is 0 Å². The average molecular weight is 441 g/mol. The van der Waals surface area contributed by atoms with Crippen LogP contribution in [0, 0.1) is 11.3 Å². The quantitative estimate of drug-likeness (QED) is 0.463. The molecule has 33 heavy (non-hydrogen) atoms. The molecule has 4 rings (SSSR count). The predicted octanol–water partition coefficient (Wildman–Crippen LogP) is 3.58. The molecule has 2 aromatic carbocycles.